The Morgan fingerprint density at radius 1 is 0.957 bits per heavy atom. The smallest absolute Gasteiger partial charge is 0.0247 e. The Labute approximate surface area is 148 Å². The van der Waals surface area contributed by atoms with Crippen LogP contribution in [0.5, 0.6) is 0 Å². The molecular weight excluding hydrogens is 344 g/mol. The van der Waals surface area contributed by atoms with Gasteiger partial charge in [-0.3, -0.25) is 0 Å². The van der Waals surface area contributed by atoms with Gasteiger partial charge in [-0.15, -0.1) is 0 Å². The first-order valence-corrected chi connectivity index (χ1v) is 8.89. The van der Waals surface area contributed by atoms with Crippen LogP contribution in [-0.2, 0) is 0 Å². The van der Waals surface area contributed by atoms with Crippen LogP contribution < -0.4 is 0 Å². The second kappa shape index (κ2) is 9.32. The largest absolute Gasteiger partial charge is 0.0979 e. The molecule has 0 saturated heterocycles. The number of halogens is 1. The van der Waals surface area contributed by atoms with Crippen LogP contribution in [0, 0.1) is 0 Å². The number of rotatable bonds is 7. The fourth-order valence-corrected chi connectivity index (χ4v) is 2.85. The van der Waals surface area contributed by atoms with Crippen molar-refractivity contribution in [3.8, 4) is 0 Å². The summed E-state index contributed by atoms with van der Waals surface area (Å²) >= 11 is 3.67. The van der Waals surface area contributed by atoms with Crippen molar-refractivity contribution in [2.24, 2.45) is 0 Å². The van der Waals surface area contributed by atoms with E-state index >= 15 is 0 Å². The number of hydrogen-bond acceptors (Lipinski definition) is 0. The highest BCUT2D eigenvalue weighted by atomic mass is 79.9. The van der Waals surface area contributed by atoms with Crippen molar-refractivity contribution in [2.75, 3.05) is 0 Å². The molecule has 0 nitrogen and oxygen atoms in total. The predicted octanol–water partition coefficient (Wildman–Crippen LogP) is 7.25. The summed E-state index contributed by atoms with van der Waals surface area (Å²) in [6, 6.07) is 21.1. The predicted molar refractivity (Wildman–Crippen MR) is 106 cm³/mol. The van der Waals surface area contributed by atoms with Gasteiger partial charge in [0.15, 0.2) is 0 Å². The highest BCUT2D eigenvalue weighted by Crippen LogP contribution is 2.30. The SMILES string of the molecule is C=C/C(Br)=C(\C=C(/CCCC)c1ccccc1)c1ccccc1. The number of allylic oxidation sites excluding steroid dienone is 5. The van der Waals surface area contributed by atoms with Gasteiger partial charge in [0.1, 0.15) is 0 Å². The molecule has 2 rings (SSSR count). The van der Waals surface area contributed by atoms with Crippen molar-refractivity contribution in [3.05, 3.63) is 95.0 Å². The molecule has 2 aromatic carbocycles. The zero-order valence-corrected chi connectivity index (χ0v) is 15.2. The van der Waals surface area contributed by atoms with E-state index in [1.807, 2.05) is 12.1 Å². The maximum Gasteiger partial charge on any atom is 0.0247 e. The Morgan fingerprint density at radius 2 is 1.52 bits per heavy atom. The van der Waals surface area contributed by atoms with Crippen molar-refractivity contribution < 1.29 is 0 Å². The second-order valence-corrected chi connectivity index (χ2v) is 6.33. The van der Waals surface area contributed by atoms with Crippen LogP contribution in [0.25, 0.3) is 11.1 Å². The molecule has 0 saturated carbocycles. The lowest BCUT2D eigenvalue weighted by Crippen LogP contribution is -1.89. The lowest BCUT2D eigenvalue weighted by Gasteiger charge is -2.11. The standard InChI is InChI=1S/C22H23Br/c1-3-5-12-20(18-13-8-6-9-14-18)17-21(22(23)4-2)19-15-10-7-11-16-19/h4,6-11,13-17H,2-3,5,12H2,1H3/b20-17+,22-21-. The van der Waals surface area contributed by atoms with E-state index in [0.29, 0.717) is 0 Å². The van der Waals surface area contributed by atoms with E-state index in [0.717, 1.165) is 10.9 Å². The normalized spacial score (nSPS) is 12.7. The maximum atomic E-state index is 3.92. The van der Waals surface area contributed by atoms with Crippen molar-refractivity contribution in [3.63, 3.8) is 0 Å². The first-order valence-electron chi connectivity index (χ1n) is 8.10. The first-order chi connectivity index (χ1) is 11.3. The summed E-state index contributed by atoms with van der Waals surface area (Å²) in [7, 11) is 0. The van der Waals surface area contributed by atoms with Gasteiger partial charge in [-0.25, -0.2) is 0 Å². The molecule has 0 atom stereocenters. The summed E-state index contributed by atoms with van der Waals surface area (Å²) in [5, 5.41) is 0. The van der Waals surface area contributed by atoms with Gasteiger partial charge < -0.3 is 0 Å². The monoisotopic (exact) mass is 366 g/mol. The van der Waals surface area contributed by atoms with Crippen LogP contribution in [-0.4, -0.2) is 0 Å². The van der Waals surface area contributed by atoms with Crippen LogP contribution in [0.2, 0.25) is 0 Å². The third-order valence-electron chi connectivity index (χ3n) is 3.78. The minimum Gasteiger partial charge on any atom is -0.0979 e. The minimum atomic E-state index is 1.02. The van der Waals surface area contributed by atoms with E-state index in [-0.39, 0.29) is 0 Å². The third-order valence-corrected chi connectivity index (χ3v) is 4.54. The van der Waals surface area contributed by atoms with Crippen molar-refractivity contribution in [1.29, 1.82) is 0 Å². The third kappa shape index (κ3) is 5.07. The molecule has 0 aromatic heterocycles. The molecule has 0 aliphatic rings. The lowest BCUT2D eigenvalue weighted by molar-refractivity contribution is 0.824. The Balaban J connectivity index is 2.51. The molecule has 0 unspecified atom stereocenters. The molecule has 0 aliphatic carbocycles. The molecule has 1 heteroatoms. The summed E-state index contributed by atoms with van der Waals surface area (Å²) in [6.07, 6.45) is 7.62. The van der Waals surface area contributed by atoms with Crippen LogP contribution >= 0.6 is 15.9 Å². The molecule has 118 valence electrons. The van der Waals surface area contributed by atoms with Gasteiger partial charge in [0.2, 0.25) is 0 Å². The molecule has 0 radical (unpaired) electrons. The van der Waals surface area contributed by atoms with Gasteiger partial charge in [0, 0.05) is 4.48 Å². The Morgan fingerprint density at radius 3 is 2.04 bits per heavy atom. The van der Waals surface area contributed by atoms with Crippen molar-refractivity contribution in [2.45, 2.75) is 26.2 Å². The number of benzene rings is 2. The molecule has 23 heavy (non-hydrogen) atoms. The van der Waals surface area contributed by atoms with Gasteiger partial charge in [0.25, 0.3) is 0 Å². The summed E-state index contributed by atoms with van der Waals surface area (Å²) in [4.78, 5) is 0. The quantitative estimate of drug-likeness (QED) is 0.452. The molecule has 0 amide bonds. The second-order valence-electron chi connectivity index (χ2n) is 5.47. The van der Waals surface area contributed by atoms with E-state index in [9.17, 15) is 0 Å². The van der Waals surface area contributed by atoms with Gasteiger partial charge >= 0.3 is 0 Å². The maximum absolute atomic E-state index is 3.92. The summed E-state index contributed by atoms with van der Waals surface area (Å²) in [6.45, 7) is 6.15. The number of unbranched alkanes of at least 4 members (excludes halogenated alkanes) is 1. The average Bonchev–Trinajstić information content (AvgIpc) is 2.63. The lowest BCUT2D eigenvalue weighted by atomic mass is 9.95. The van der Waals surface area contributed by atoms with Gasteiger partial charge in [-0.1, -0.05) is 103 Å². The molecule has 0 aliphatic heterocycles. The minimum absolute atomic E-state index is 1.02. The molecule has 0 fully saturated rings. The van der Waals surface area contributed by atoms with Crippen LogP contribution in [0.4, 0.5) is 0 Å². The molecule has 0 spiro atoms. The molecule has 0 bridgehead atoms. The Bertz CT molecular complexity index is 678. The highest BCUT2D eigenvalue weighted by molar-refractivity contribution is 9.12. The van der Waals surface area contributed by atoms with Gasteiger partial charge in [0.05, 0.1) is 0 Å². The highest BCUT2D eigenvalue weighted by Gasteiger charge is 2.07. The molecular formula is C22H23Br. The Kier molecular flexibility index (Phi) is 7.09. The molecule has 0 heterocycles. The van der Waals surface area contributed by atoms with E-state index in [2.05, 4.69) is 90.1 Å². The van der Waals surface area contributed by atoms with E-state index in [1.54, 1.807) is 0 Å². The molecule has 2 aromatic rings. The zero-order chi connectivity index (χ0) is 16.5. The van der Waals surface area contributed by atoms with E-state index in [4.69, 9.17) is 0 Å². The average molecular weight is 367 g/mol. The van der Waals surface area contributed by atoms with Crippen molar-refractivity contribution >= 4 is 27.1 Å². The number of hydrogen-bond donors (Lipinski definition) is 0. The Hall–Kier alpha value is -1.86. The molecule has 0 N–H and O–H groups in total. The van der Waals surface area contributed by atoms with Crippen LogP contribution in [0.3, 0.4) is 0 Å². The topological polar surface area (TPSA) is 0 Å². The summed E-state index contributed by atoms with van der Waals surface area (Å²) in [5.41, 5.74) is 5.03. The van der Waals surface area contributed by atoms with Gasteiger partial charge in [-0.2, -0.15) is 0 Å². The van der Waals surface area contributed by atoms with E-state index < -0.39 is 0 Å². The summed E-state index contributed by atoms with van der Waals surface area (Å²) in [5.74, 6) is 0. The summed E-state index contributed by atoms with van der Waals surface area (Å²) < 4.78 is 1.02. The van der Waals surface area contributed by atoms with Crippen LogP contribution in [0.15, 0.2) is 83.9 Å². The first kappa shape index (κ1) is 17.5. The fourth-order valence-electron chi connectivity index (χ4n) is 2.51. The van der Waals surface area contributed by atoms with Gasteiger partial charge in [-0.05, 0) is 41.2 Å². The van der Waals surface area contributed by atoms with Crippen LogP contribution in [0.1, 0.15) is 37.3 Å². The van der Waals surface area contributed by atoms with Crippen molar-refractivity contribution in [1.82, 2.24) is 0 Å². The fraction of sp³-hybridized carbons (Fsp3) is 0.182. The van der Waals surface area contributed by atoms with E-state index in [1.165, 1.54) is 35.1 Å². The zero-order valence-electron chi connectivity index (χ0n) is 13.6.